The number of aliphatic imine (C=N–C) groups is 1. The van der Waals surface area contributed by atoms with E-state index in [9.17, 15) is 4.79 Å². The van der Waals surface area contributed by atoms with E-state index in [0.717, 1.165) is 35.7 Å². The number of rotatable bonds is 8. The maximum Gasteiger partial charge on any atom is 0.251 e. The molecule has 0 unspecified atom stereocenters. The van der Waals surface area contributed by atoms with E-state index in [1.807, 2.05) is 78.6 Å². The molecule has 0 fully saturated rings. The molecule has 1 amide bonds. The number of benzene rings is 2. The Hall–Kier alpha value is -3.61. The summed E-state index contributed by atoms with van der Waals surface area (Å²) in [5.74, 6) is 0.683. The van der Waals surface area contributed by atoms with Crippen molar-refractivity contribution in [3.05, 3.63) is 83.7 Å². The number of carbonyl (C=O) groups excluding carboxylic acids is 1. The van der Waals surface area contributed by atoms with Gasteiger partial charge in [-0.3, -0.25) is 4.79 Å². The lowest BCUT2D eigenvalue weighted by Gasteiger charge is -2.11. The topological polar surface area (TPSA) is 83.3 Å². The molecule has 2 aromatic carbocycles. The van der Waals surface area contributed by atoms with Crippen LogP contribution in [0.4, 0.5) is 0 Å². The first kappa shape index (κ1) is 21.1. The van der Waals surface area contributed by atoms with E-state index >= 15 is 0 Å². The number of carbonyl (C=O) groups is 1. The zero-order chi connectivity index (χ0) is 21.2. The van der Waals surface area contributed by atoms with E-state index in [4.69, 9.17) is 0 Å². The highest BCUT2D eigenvalue weighted by molar-refractivity contribution is 5.94. The van der Waals surface area contributed by atoms with Gasteiger partial charge in [-0.05, 0) is 43.2 Å². The maximum atomic E-state index is 11.8. The minimum atomic E-state index is -0.0734. The summed E-state index contributed by atoms with van der Waals surface area (Å²) in [6.45, 7) is 4.07. The molecule has 0 aliphatic carbocycles. The number of hydrogen-bond donors (Lipinski definition) is 3. The molecular formula is C23H28N6O. The van der Waals surface area contributed by atoms with Crippen LogP contribution in [0.1, 0.15) is 28.4 Å². The summed E-state index contributed by atoms with van der Waals surface area (Å²) in [5, 5.41) is 13.7. The van der Waals surface area contributed by atoms with Crippen LogP contribution in [-0.4, -0.2) is 41.8 Å². The van der Waals surface area contributed by atoms with E-state index in [-0.39, 0.29) is 5.91 Å². The van der Waals surface area contributed by atoms with Crippen molar-refractivity contribution in [1.82, 2.24) is 25.7 Å². The van der Waals surface area contributed by atoms with Crippen molar-refractivity contribution in [2.75, 3.05) is 20.1 Å². The molecule has 0 atom stereocenters. The fraction of sp³-hybridized carbons (Fsp3) is 0.261. The molecule has 1 aromatic heterocycles. The fourth-order valence-electron chi connectivity index (χ4n) is 3.01. The minimum absolute atomic E-state index is 0.0734. The number of para-hydroxylation sites is 1. The molecule has 0 saturated carbocycles. The van der Waals surface area contributed by atoms with Crippen LogP contribution in [0.2, 0.25) is 0 Å². The van der Waals surface area contributed by atoms with Gasteiger partial charge in [-0.2, -0.15) is 5.10 Å². The van der Waals surface area contributed by atoms with Gasteiger partial charge in [0.2, 0.25) is 0 Å². The maximum absolute atomic E-state index is 11.8. The molecule has 3 rings (SSSR count). The monoisotopic (exact) mass is 404 g/mol. The Morgan fingerprint density at radius 1 is 1.07 bits per heavy atom. The normalized spacial score (nSPS) is 11.2. The van der Waals surface area contributed by atoms with Crippen LogP contribution in [0.15, 0.2) is 72.0 Å². The predicted octanol–water partition coefficient (Wildman–Crippen LogP) is 2.53. The molecule has 0 saturated heterocycles. The second-order valence-corrected chi connectivity index (χ2v) is 6.78. The Balaban J connectivity index is 1.56. The van der Waals surface area contributed by atoms with Crippen LogP contribution in [-0.2, 0) is 13.0 Å². The molecule has 0 bridgehead atoms. The number of nitrogens with zero attached hydrogens (tertiary/aromatic N) is 3. The molecule has 7 nitrogen and oxygen atoms in total. The van der Waals surface area contributed by atoms with Gasteiger partial charge >= 0.3 is 0 Å². The van der Waals surface area contributed by atoms with Crippen molar-refractivity contribution in [2.24, 2.45) is 4.99 Å². The van der Waals surface area contributed by atoms with Crippen LogP contribution >= 0.6 is 0 Å². The average molecular weight is 405 g/mol. The number of nitrogens with one attached hydrogen (secondary N) is 3. The van der Waals surface area contributed by atoms with E-state index in [0.29, 0.717) is 18.7 Å². The van der Waals surface area contributed by atoms with Gasteiger partial charge in [0.15, 0.2) is 5.96 Å². The SMILES string of the molecule is CCNC(=NCc1cnn(-c2ccccc2)c1)NCCc1cccc(C(=O)NC)c1. The second kappa shape index (κ2) is 10.8. The lowest BCUT2D eigenvalue weighted by atomic mass is 10.1. The minimum Gasteiger partial charge on any atom is -0.357 e. The quantitative estimate of drug-likeness (QED) is 0.398. The molecule has 0 radical (unpaired) electrons. The standard InChI is InChI=1S/C23H28N6O/c1-3-25-23(26-13-12-18-8-7-9-20(14-18)22(30)24-2)27-15-19-16-28-29(17-19)21-10-5-4-6-11-21/h4-11,14,16-17H,3,12-13,15H2,1-2H3,(H,24,30)(H2,25,26,27). The van der Waals surface area contributed by atoms with Crippen molar-refractivity contribution in [2.45, 2.75) is 19.9 Å². The van der Waals surface area contributed by atoms with Crippen LogP contribution in [0.25, 0.3) is 5.69 Å². The smallest absolute Gasteiger partial charge is 0.251 e. The second-order valence-electron chi connectivity index (χ2n) is 6.78. The highest BCUT2D eigenvalue weighted by Crippen LogP contribution is 2.08. The molecule has 0 spiro atoms. The number of aromatic nitrogens is 2. The lowest BCUT2D eigenvalue weighted by Crippen LogP contribution is -2.38. The summed E-state index contributed by atoms with van der Waals surface area (Å²) < 4.78 is 1.85. The zero-order valence-corrected chi connectivity index (χ0v) is 17.4. The van der Waals surface area contributed by atoms with Gasteiger partial charge in [-0.25, -0.2) is 9.67 Å². The van der Waals surface area contributed by atoms with Gasteiger partial charge in [0.25, 0.3) is 5.91 Å². The first-order chi connectivity index (χ1) is 14.7. The third-order valence-corrected chi connectivity index (χ3v) is 4.54. The van der Waals surface area contributed by atoms with Gasteiger partial charge in [0.05, 0.1) is 18.4 Å². The highest BCUT2D eigenvalue weighted by atomic mass is 16.1. The van der Waals surface area contributed by atoms with Crippen molar-refractivity contribution in [1.29, 1.82) is 0 Å². The first-order valence-corrected chi connectivity index (χ1v) is 10.1. The van der Waals surface area contributed by atoms with Gasteiger partial charge in [0.1, 0.15) is 0 Å². The Labute approximate surface area is 177 Å². The van der Waals surface area contributed by atoms with Crippen LogP contribution < -0.4 is 16.0 Å². The molecule has 156 valence electrons. The number of guanidine groups is 1. The largest absolute Gasteiger partial charge is 0.357 e. The molecule has 3 aromatic rings. The highest BCUT2D eigenvalue weighted by Gasteiger charge is 2.05. The summed E-state index contributed by atoms with van der Waals surface area (Å²) >= 11 is 0. The van der Waals surface area contributed by atoms with Crippen LogP contribution in [0.3, 0.4) is 0 Å². The van der Waals surface area contributed by atoms with Gasteiger partial charge in [-0.15, -0.1) is 0 Å². The van der Waals surface area contributed by atoms with E-state index in [2.05, 4.69) is 26.0 Å². The Kier molecular flexibility index (Phi) is 7.60. The average Bonchev–Trinajstić information content (AvgIpc) is 3.27. The Morgan fingerprint density at radius 2 is 1.90 bits per heavy atom. The van der Waals surface area contributed by atoms with Crippen molar-refractivity contribution < 1.29 is 4.79 Å². The van der Waals surface area contributed by atoms with Crippen molar-refractivity contribution in [3.8, 4) is 5.69 Å². The fourth-order valence-corrected chi connectivity index (χ4v) is 3.01. The third-order valence-electron chi connectivity index (χ3n) is 4.54. The van der Waals surface area contributed by atoms with Crippen LogP contribution in [0.5, 0.6) is 0 Å². The van der Waals surface area contributed by atoms with Crippen LogP contribution in [0, 0.1) is 0 Å². The van der Waals surface area contributed by atoms with E-state index in [1.165, 1.54) is 0 Å². The summed E-state index contributed by atoms with van der Waals surface area (Å²) in [4.78, 5) is 16.4. The van der Waals surface area contributed by atoms with Gasteiger partial charge in [0, 0.05) is 37.5 Å². The molecule has 0 aliphatic heterocycles. The van der Waals surface area contributed by atoms with E-state index in [1.54, 1.807) is 7.05 Å². The summed E-state index contributed by atoms with van der Waals surface area (Å²) in [6.07, 6.45) is 4.62. The molecule has 30 heavy (non-hydrogen) atoms. The molecule has 7 heteroatoms. The molecule has 1 heterocycles. The zero-order valence-electron chi connectivity index (χ0n) is 17.4. The summed E-state index contributed by atoms with van der Waals surface area (Å²) in [6, 6.07) is 17.7. The summed E-state index contributed by atoms with van der Waals surface area (Å²) in [7, 11) is 1.64. The lowest BCUT2D eigenvalue weighted by molar-refractivity contribution is 0.0963. The predicted molar refractivity (Wildman–Crippen MR) is 120 cm³/mol. The molecular weight excluding hydrogens is 376 g/mol. The number of hydrogen-bond acceptors (Lipinski definition) is 3. The van der Waals surface area contributed by atoms with Crippen molar-refractivity contribution in [3.63, 3.8) is 0 Å². The number of amides is 1. The van der Waals surface area contributed by atoms with Gasteiger partial charge in [-0.1, -0.05) is 30.3 Å². The van der Waals surface area contributed by atoms with Crippen molar-refractivity contribution >= 4 is 11.9 Å². The Morgan fingerprint density at radius 3 is 2.67 bits per heavy atom. The first-order valence-electron chi connectivity index (χ1n) is 10.1. The third kappa shape index (κ3) is 5.94. The molecule has 0 aliphatic rings. The van der Waals surface area contributed by atoms with Gasteiger partial charge < -0.3 is 16.0 Å². The Bertz CT molecular complexity index is 980. The summed E-state index contributed by atoms with van der Waals surface area (Å²) in [5.41, 5.74) is 3.83. The molecule has 3 N–H and O–H groups in total. The van der Waals surface area contributed by atoms with E-state index < -0.39 is 0 Å².